The van der Waals surface area contributed by atoms with Gasteiger partial charge < -0.3 is 5.32 Å². The number of aromatic amines is 1. The molecular weight excluding hydrogens is 266 g/mol. The van der Waals surface area contributed by atoms with Crippen LogP contribution in [0.1, 0.15) is 5.56 Å². The summed E-state index contributed by atoms with van der Waals surface area (Å²) >= 11 is 6.06. The molecule has 0 unspecified atom stereocenters. The Balaban J connectivity index is 1.84. The molecule has 2 heterocycles. The van der Waals surface area contributed by atoms with Gasteiger partial charge in [-0.15, -0.1) is 5.10 Å². The van der Waals surface area contributed by atoms with Crippen LogP contribution in [0.15, 0.2) is 41.2 Å². The zero-order valence-electron chi connectivity index (χ0n) is 9.80. The molecule has 0 bridgehead atoms. The molecule has 6 nitrogen and oxygen atoms in total. The molecule has 0 saturated heterocycles. The fourth-order valence-corrected chi connectivity index (χ4v) is 1.93. The van der Waals surface area contributed by atoms with Crippen molar-refractivity contribution in [2.75, 3.05) is 5.32 Å². The number of benzene rings is 1. The molecule has 1 aromatic carbocycles. The van der Waals surface area contributed by atoms with E-state index in [1.165, 1.54) is 4.52 Å². The van der Waals surface area contributed by atoms with E-state index in [-0.39, 0.29) is 5.69 Å². The van der Waals surface area contributed by atoms with E-state index in [0.717, 1.165) is 5.56 Å². The number of fused-ring (bicyclic) bond motifs is 1. The quantitative estimate of drug-likeness (QED) is 0.763. The molecular formula is C12H10ClN5O. The molecule has 0 saturated carbocycles. The molecule has 0 fully saturated rings. The number of nitrogens with zero attached hydrogens (tertiary/aromatic N) is 3. The van der Waals surface area contributed by atoms with Crippen molar-refractivity contribution in [1.82, 2.24) is 19.8 Å². The highest BCUT2D eigenvalue weighted by atomic mass is 35.5. The van der Waals surface area contributed by atoms with Crippen molar-refractivity contribution >= 4 is 23.1 Å². The van der Waals surface area contributed by atoms with Gasteiger partial charge in [-0.05, 0) is 23.8 Å². The molecule has 3 rings (SSSR count). The lowest BCUT2D eigenvalue weighted by atomic mass is 10.2. The summed E-state index contributed by atoms with van der Waals surface area (Å²) in [5.41, 5.74) is 1.08. The predicted octanol–water partition coefficient (Wildman–Crippen LogP) is 1.68. The molecule has 0 atom stereocenters. The Bertz CT molecular complexity index is 779. The van der Waals surface area contributed by atoms with Crippen LogP contribution in [0.3, 0.4) is 0 Å². The highest BCUT2D eigenvalue weighted by Crippen LogP contribution is 2.16. The van der Waals surface area contributed by atoms with Gasteiger partial charge in [-0.25, -0.2) is 9.89 Å². The molecule has 7 heteroatoms. The van der Waals surface area contributed by atoms with Crippen molar-refractivity contribution in [3.63, 3.8) is 0 Å². The third-order valence-corrected chi connectivity index (χ3v) is 3.06. The molecule has 96 valence electrons. The van der Waals surface area contributed by atoms with Crippen LogP contribution < -0.4 is 11.0 Å². The van der Waals surface area contributed by atoms with E-state index in [2.05, 4.69) is 20.6 Å². The van der Waals surface area contributed by atoms with Crippen LogP contribution in [0.2, 0.25) is 5.02 Å². The van der Waals surface area contributed by atoms with Gasteiger partial charge in [0.2, 0.25) is 0 Å². The minimum Gasteiger partial charge on any atom is -0.364 e. The van der Waals surface area contributed by atoms with Crippen molar-refractivity contribution in [2.45, 2.75) is 6.54 Å². The number of aromatic nitrogens is 4. The Kier molecular flexibility index (Phi) is 2.92. The normalized spacial score (nSPS) is 10.8. The first-order chi connectivity index (χ1) is 9.24. The maximum absolute atomic E-state index is 11.4. The van der Waals surface area contributed by atoms with Gasteiger partial charge in [-0.3, -0.25) is 0 Å². The van der Waals surface area contributed by atoms with Gasteiger partial charge in [0, 0.05) is 11.6 Å². The highest BCUT2D eigenvalue weighted by Gasteiger charge is 2.03. The molecule has 0 radical (unpaired) electrons. The summed E-state index contributed by atoms with van der Waals surface area (Å²) in [5.74, 6) is 0.580. The van der Waals surface area contributed by atoms with Gasteiger partial charge in [-0.1, -0.05) is 29.8 Å². The van der Waals surface area contributed by atoms with E-state index in [1.807, 2.05) is 24.3 Å². The maximum Gasteiger partial charge on any atom is 0.364 e. The van der Waals surface area contributed by atoms with Gasteiger partial charge in [0.05, 0.1) is 0 Å². The molecule has 2 N–H and O–H groups in total. The minimum atomic E-state index is -0.364. The van der Waals surface area contributed by atoms with Crippen molar-refractivity contribution in [1.29, 1.82) is 0 Å². The van der Waals surface area contributed by atoms with Gasteiger partial charge in [0.15, 0.2) is 5.65 Å². The van der Waals surface area contributed by atoms with Crippen molar-refractivity contribution < 1.29 is 0 Å². The van der Waals surface area contributed by atoms with Crippen LogP contribution in [-0.2, 0) is 6.54 Å². The summed E-state index contributed by atoms with van der Waals surface area (Å²) in [6.07, 6.45) is 0. The Hall–Kier alpha value is -2.34. The van der Waals surface area contributed by atoms with Gasteiger partial charge in [0.25, 0.3) is 0 Å². The minimum absolute atomic E-state index is 0.364. The largest absolute Gasteiger partial charge is 0.364 e. The molecule has 19 heavy (non-hydrogen) atoms. The van der Waals surface area contributed by atoms with E-state index < -0.39 is 0 Å². The standard InChI is InChI=1S/C12H10ClN5O/c13-9-4-2-1-3-8(9)7-14-10-5-6-11-15-16-12(19)18(11)17-10/h1-6H,7H2,(H,14,17)(H,16,19). The smallest absolute Gasteiger partial charge is 0.364 e. The fourth-order valence-electron chi connectivity index (χ4n) is 1.72. The number of H-pyrrole nitrogens is 1. The van der Waals surface area contributed by atoms with Crippen LogP contribution >= 0.6 is 11.6 Å². The van der Waals surface area contributed by atoms with E-state index in [0.29, 0.717) is 23.0 Å². The van der Waals surface area contributed by atoms with Gasteiger partial charge in [0.1, 0.15) is 5.82 Å². The van der Waals surface area contributed by atoms with Crippen molar-refractivity contribution in [2.24, 2.45) is 0 Å². The number of halogens is 1. The van der Waals surface area contributed by atoms with Crippen LogP contribution in [0, 0.1) is 0 Å². The SMILES string of the molecule is O=c1[nH]nc2ccc(NCc3ccccc3Cl)nn12. The van der Waals surface area contributed by atoms with E-state index in [4.69, 9.17) is 11.6 Å². The predicted molar refractivity (Wildman–Crippen MR) is 72.4 cm³/mol. The van der Waals surface area contributed by atoms with E-state index in [9.17, 15) is 4.79 Å². The number of hydrogen-bond acceptors (Lipinski definition) is 4. The summed E-state index contributed by atoms with van der Waals surface area (Å²) in [4.78, 5) is 11.4. The van der Waals surface area contributed by atoms with Crippen molar-refractivity contribution in [3.8, 4) is 0 Å². The van der Waals surface area contributed by atoms with Crippen LogP contribution in [-0.4, -0.2) is 19.8 Å². The number of nitrogens with one attached hydrogen (secondary N) is 2. The lowest BCUT2D eigenvalue weighted by molar-refractivity contribution is 0.875. The summed E-state index contributed by atoms with van der Waals surface area (Å²) in [5, 5.41) is 14.1. The van der Waals surface area contributed by atoms with Crippen LogP contribution in [0.5, 0.6) is 0 Å². The Morgan fingerprint density at radius 3 is 2.95 bits per heavy atom. The zero-order chi connectivity index (χ0) is 13.2. The molecule has 0 spiro atoms. The molecule has 0 aliphatic heterocycles. The van der Waals surface area contributed by atoms with E-state index >= 15 is 0 Å². The molecule has 0 aliphatic rings. The topological polar surface area (TPSA) is 75.1 Å². The first-order valence-electron chi connectivity index (χ1n) is 5.66. The average molecular weight is 276 g/mol. The fraction of sp³-hybridized carbons (Fsp3) is 0.0833. The average Bonchev–Trinajstić information content (AvgIpc) is 2.79. The molecule has 2 aromatic heterocycles. The molecule has 0 amide bonds. The second-order valence-corrected chi connectivity index (χ2v) is 4.37. The van der Waals surface area contributed by atoms with Gasteiger partial charge >= 0.3 is 5.69 Å². The van der Waals surface area contributed by atoms with Crippen LogP contribution in [0.25, 0.3) is 5.65 Å². The van der Waals surface area contributed by atoms with Gasteiger partial charge in [-0.2, -0.15) is 9.61 Å². The summed E-state index contributed by atoms with van der Waals surface area (Å²) in [6, 6.07) is 11.0. The highest BCUT2D eigenvalue weighted by molar-refractivity contribution is 6.31. The Morgan fingerprint density at radius 1 is 1.26 bits per heavy atom. The second-order valence-electron chi connectivity index (χ2n) is 3.96. The molecule has 3 aromatic rings. The number of anilines is 1. The number of hydrogen-bond donors (Lipinski definition) is 2. The summed E-state index contributed by atoms with van der Waals surface area (Å²) in [6.45, 7) is 0.533. The van der Waals surface area contributed by atoms with E-state index in [1.54, 1.807) is 12.1 Å². The lowest BCUT2D eigenvalue weighted by Crippen LogP contribution is -2.14. The van der Waals surface area contributed by atoms with Crippen LogP contribution in [0.4, 0.5) is 5.82 Å². The first-order valence-corrected chi connectivity index (χ1v) is 6.03. The number of rotatable bonds is 3. The lowest BCUT2D eigenvalue weighted by Gasteiger charge is -2.06. The Labute approximate surface area is 113 Å². The third kappa shape index (κ3) is 2.30. The first kappa shape index (κ1) is 11.7. The summed E-state index contributed by atoms with van der Waals surface area (Å²) in [7, 11) is 0. The monoisotopic (exact) mass is 275 g/mol. The Morgan fingerprint density at radius 2 is 2.11 bits per heavy atom. The maximum atomic E-state index is 11.4. The summed E-state index contributed by atoms with van der Waals surface area (Å²) < 4.78 is 1.20. The second kappa shape index (κ2) is 4.74. The zero-order valence-corrected chi connectivity index (χ0v) is 10.6. The molecule has 0 aliphatic carbocycles. The third-order valence-electron chi connectivity index (χ3n) is 2.69. The van der Waals surface area contributed by atoms with Crippen molar-refractivity contribution in [3.05, 3.63) is 57.5 Å².